The molecule has 0 atom stereocenters. The smallest absolute Gasteiger partial charge is 0.317 e. The van der Waals surface area contributed by atoms with Gasteiger partial charge in [0.2, 0.25) is 0 Å². The number of urea groups is 1. The van der Waals surface area contributed by atoms with Crippen molar-refractivity contribution in [3.63, 3.8) is 0 Å². The normalized spacial score (nSPS) is 15.0. The number of carbonyl (C=O) groups excluding carboxylic acids is 1. The van der Waals surface area contributed by atoms with Crippen molar-refractivity contribution >= 4 is 23.3 Å². The standard InChI is InChI=1S/C21H25ClN2O/c1-16-12-13-18(14-20(16)22)23-21(25)24(19-10-6-3-7-11-19)15-17-8-4-2-5-9-17/h2,4-5,8-9,12-14,19H,3,6-7,10-11,15H2,1H3,(H,23,25). The highest BCUT2D eigenvalue weighted by Gasteiger charge is 2.25. The number of hydrogen-bond donors (Lipinski definition) is 1. The molecule has 1 saturated carbocycles. The summed E-state index contributed by atoms with van der Waals surface area (Å²) in [5.41, 5.74) is 2.91. The molecule has 0 aromatic heterocycles. The second-order valence-electron chi connectivity index (χ2n) is 6.80. The lowest BCUT2D eigenvalue weighted by atomic mass is 9.94. The van der Waals surface area contributed by atoms with Crippen molar-refractivity contribution in [3.8, 4) is 0 Å². The maximum Gasteiger partial charge on any atom is 0.322 e. The lowest BCUT2D eigenvalue weighted by Crippen LogP contribution is -2.43. The molecular weight excluding hydrogens is 332 g/mol. The van der Waals surface area contributed by atoms with E-state index in [1.807, 2.05) is 48.2 Å². The van der Waals surface area contributed by atoms with Crippen LogP contribution in [0, 0.1) is 6.92 Å². The average molecular weight is 357 g/mol. The Labute approximate surface area is 155 Å². The zero-order valence-corrected chi connectivity index (χ0v) is 15.4. The van der Waals surface area contributed by atoms with Crippen LogP contribution < -0.4 is 5.32 Å². The van der Waals surface area contributed by atoms with E-state index in [2.05, 4.69) is 17.4 Å². The highest BCUT2D eigenvalue weighted by Crippen LogP contribution is 2.26. The molecule has 3 rings (SSSR count). The fourth-order valence-electron chi connectivity index (χ4n) is 3.41. The summed E-state index contributed by atoms with van der Waals surface area (Å²) in [7, 11) is 0. The van der Waals surface area contributed by atoms with Crippen molar-refractivity contribution in [2.45, 2.75) is 51.6 Å². The molecule has 0 radical (unpaired) electrons. The van der Waals surface area contributed by atoms with Crippen LogP contribution in [0.15, 0.2) is 48.5 Å². The van der Waals surface area contributed by atoms with E-state index in [-0.39, 0.29) is 6.03 Å². The van der Waals surface area contributed by atoms with Crippen molar-refractivity contribution in [3.05, 3.63) is 64.7 Å². The maximum atomic E-state index is 13.0. The summed E-state index contributed by atoms with van der Waals surface area (Å²) in [6.45, 7) is 2.59. The van der Waals surface area contributed by atoms with Gasteiger partial charge >= 0.3 is 6.03 Å². The summed E-state index contributed by atoms with van der Waals surface area (Å²) in [5.74, 6) is 0. The molecule has 0 saturated heterocycles. The molecule has 0 bridgehead atoms. The van der Waals surface area contributed by atoms with E-state index < -0.39 is 0 Å². The van der Waals surface area contributed by atoms with Gasteiger partial charge in [-0.2, -0.15) is 0 Å². The maximum absolute atomic E-state index is 13.0. The second kappa shape index (κ2) is 8.39. The first kappa shape index (κ1) is 17.8. The van der Waals surface area contributed by atoms with Gasteiger partial charge in [0.25, 0.3) is 0 Å². The average Bonchev–Trinajstić information content (AvgIpc) is 2.64. The summed E-state index contributed by atoms with van der Waals surface area (Å²) in [6, 6.07) is 16.1. The van der Waals surface area contributed by atoms with Gasteiger partial charge in [0.05, 0.1) is 0 Å². The van der Waals surface area contributed by atoms with Crippen LogP contribution in [0.25, 0.3) is 0 Å². The highest BCUT2D eigenvalue weighted by atomic mass is 35.5. The molecule has 1 aliphatic carbocycles. The molecule has 2 amide bonds. The van der Waals surface area contributed by atoms with E-state index in [0.29, 0.717) is 17.6 Å². The van der Waals surface area contributed by atoms with E-state index in [0.717, 1.165) is 29.7 Å². The Morgan fingerprint density at radius 1 is 1.12 bits per heavy atom. The summed E-state index contributed by atoms with van der Waals surface area (Å²) in [4.78, 5) is 15.0. The minimum absolute atomic E-state index is 0.0457. The van der Waals surface area contributed by atoms with Crippen LogP contribution in [0.2, 0.25) is 5.02 Å². The minimum atomic E-state index is -0.0457. The van der Waals surface area contributed by atoms with Crippen LogP contribution in [0.3, 0.4) is 0 Å². The molecule has 2 aromatic carbocycles. The summed E-state index contributed by atoms with van der Waals surface area (Å²) in [6.07, 6.45) is 5.81. The lowest BCUT2D eigenvalue weighted by molar-refractivity contribution is 0.163. The van der Waals surface area contributed by atoms with Crippen LogP contribution in [0.1, 0.15) is 43.2 Å². The molecule has 0 heterocycles. The van der Waals surface area contributed by atoms with E-state index in [1.165, 1.54) is 19.3 Å². The molecule has 2 aromatic rings. The number of aryl methyl sites for hydroxylation is 1. The number of amides is 2. The van der Waals surface area contributed by atoms with E-state index >= 15 is 0 Å². The zero-order chi connectivity index (χ0) is 17.6. The Balaban J connectivity index is 1.77. The molecule has 0 unspecified atom stereocenters. The van der Waals surface area contributed by atoms with Gasteiger partial charge < -0.3 is 10.2 Å². The summed E-state index contributed by atoms with van der Waals surface area (Å²) < 4.78 is 0. The van der Waals surface area contributed by atoms with Crippen molar-refractivity contribution in [1.82, 2.24) is 4.90 Å². The SMILES string of the molecule is Cc1ccc(NC(=O)N(Cc2ccccc2)C2CCCCC2)cc1Cl. The third-order valence-electron chi connectivity index (χ3n) is 4.90. The summed E-state index contributed by atoms with van der Waals surface area (Å²) in [5, 5.41) is 3.70. The van der Waals surface area contributed by atoms with E-state index in [4.69, 9.17) is 11.6 Å². The first-order valence-corrected chi connectivity index (χ1v) is 9.39. The zero-order valence-electron chi connectivity index (χ0n) is 14.7. The number of halogens is 1. The first-order valence-electron chi connectivity index (χ1n) is 9.01. The van der Waals surface area contributed by atoms with Gasteiger partial charge in [-0.25, -0.2) is 4.79 Å². The van der Waals surface area contributed by atoms with Gasteiger partial charge in [0.15, 0.2) is 0 Å². The molecular formula is C21H25ClN2O. The van der Waals surface area contributed by atoms with Gasteiger partial charge in [-0.05, 0) is 43.0 Å². The van der Waals surface area contributed by atoms with Crippen molar-refractivity contribution < 1.29 is 4.79 Å². The topological polar surface area (TPSA) is 32.3 Å². The fraction of sp³-hybridized carbons (Fsp3) is 0.381. The Bertz CT molecular complexity index is 711. The number of anilines is 1. The van der Waals surface area contributed by atoms with Crippen molar-refractivity contribution in [2.24, 2.45) is 0 Å². The molecule has 1 fully saturated rings. The largest absolute Gasteiger partial charge is 0.322 e. The molecule has 4 heteroatoms. The number of carbonyl (C=O) groups is 1. The molecule has 0 aliphatic heterocycles. The third-order valence-corrected chi connectivity index (χ3v) is 5.30. The van der Waals surface area contributed by atoms with Crippen LogP contribution >= 0.6 is 11.6 Å². The van der Waals surface area contributed by atoms with Crippen LogP contribution in [-0.2, 0) is 6.54 Å². The second-order valence-corrected chi connectivity index (χ2v) is 7.21. The number of benzene rings is 2. The van der Waals surface area contributed by atoms with Crippen LogP contribution in [-0.4, -0.2) is 17.0 Å². The Kier molecular flexibility index (Phi) is 5.98. The molecule has 25 heavy (non-hydrogen) atoms. The highest BCUT2D eigenvalue weighted by molar-refractivity contribution is 6.31. The van der Waals surface area contributed by atoms with Gasteiger partial charge in [-0.1, -0.05) is 67.3 Å². The Hall–Kier alpha value is -2.00. The number of hydrogen-bond acceptors (Lipinski definition) is 1. The molecule has 0 spiro atoms. The van der Waals surface area contributed by atoms with E-state index in [9.17, 15) is 4.79 Å². The fourth-order valence-corrected chi connectivity index (χ4v) is 3.59. The molecule has 1 N–H and O–H groups in total. The number of nitrogens with zero attached hydrogens (tertiary/aromatic N) is 1. The predicted molar refractivity (Wildman–Crippen MR) is 104 cm³/mol. The third kappa shape index (κ3) is 4.76. The number of rotatable bonds is 4. The Morgan fingerprint density at radius 2 is 1.84 bits per heavy atom. The van der Waals surface area contributed by atoms with Gasteiger partial charge in [0.1, 0.15) is 0 Å². The predicted octanol–water partition coefficient (Wildman–Crippen LogP) is 6.02. The van der Waals surface area contributed by atoms with Crippen LogP contribution in [0.5, 0.6) is 0 Å². The van der Waals surface area contributed by atoms with E-state index in [1.54, 1.807) is 0 Å². The van der Waals surface area contributed by atoms with Gasteiger partial charge in [0, 0.05) is 23.3 Å². The van der Waals surface area contributed by atoms with Crippen LogP contribution in [0.4, 0.5) is 10.5 Å². The minimum Gasteiger partial charge on any atom is -0.317 e. The quantitative estimate of drug-likeness (QED) is 0.714. The first-order chi connectivity index (χ1) is 12.1. The summed E-state index contributed by atoms with van der Waals surface area (Å²) >= 11 is 6.19. The Morgan fingerprint density at radius 3 is 2.52 bits per heavy atom. The van der Waals surface area contributed by atoms with Crippen molar-refractivity contribution in [2.75, 3.05) is 5.32 Å². The molecule has 132 valence electrons. The van der Waals surface area contributed by atoms with Crippen molar-refractivity contribution in [1.29, 1.82) is 0 Å². The van der Waals surface area contributed by atoms with Gasteiger partial charge in [-0.15, -0.1) is 0 Å². The monoisotopic (exact) mass is 356 g/mol. The lowest BCUT2D eigenvalue weighted by Gasteiger charge is -2.34. The number of nitrogens with one attached hydrogen (secondary N) is 1. The molecule has 1 aliphatic rings. The van der Waals surface area contributed by atoms with Gasteiger partial charge in [-0.3, -0.25) is 0 Å². The molecule has 3 nitrogen and oxygen atoms in total.